The Hall–Kier alpha value is -2.91. The number of para-hydroxylation sites is 2. The summed E-state index contributed by atoms with van der Waals surface area (Å²) in [5.41, 5.74) is 2.08. The maximum Gasteiger partial charge on any atom is 0.316 e. The van der Waals surface area contributed by atoms with E-state index >= 15 is 0 Å². The van der Waals surface area contributed by atoms with Crippen molar-refractivity contribution in [2.75, 3.05) is 5.75 Å². The molecule has 0 unspecified atom stereocenters. The van der Waals surface area contributed by atoms with Crippen LogP contribution in [0.25, 0.3) is 11.1 Å². The molecule has 0 aliphatic rings. The van der Waals surface area contributed by atoms with E-state index in [2.05, 4.69) is 9.97 Å². The predicted octanol–water partition coefficient (Wildman–Crippen LogP) is 4.84. The maximum absolute atomic E-state index is 12.9. The van der Waals surface area contributed by atoms with Gasteiger partial charge in [0.25, 0.3) is 5.22 Å². The van der Waals surface area contributed by atoms with Crippen LogP contribution in [0, 0.1) is 5.82 Å². The molecule has 0 aliphatic heterocycles. The van der Waals surface area contributed by atoms with Crippen LogP contribution in [-0.2, 0) is 22.7 Å². The number of nitrogens with zero attached hydrogens (tertiary/aromatic N) is 2. The van der Waals surface area contributed by atoms with Crippen molar-refractivity contribution in [3.8, 4) is 5.75 Å². The third kappa shape index (κ3) is 5.33. The van der Waals surface area contributed by atoms with Gasteiger partial charge in [-0.05, 0) is 36.4 Å². The van der Waals surface area contributed by atoms with E-state index in [1.807, 2.05) is 29.6 Å². The Kier molecular flexibility index (Phi) is 6.06. The van der Waals surface area contributed by atoms with Gasteiger partial charge in [-0.3, -0.25) is 4.79 Å². The van der Waals surface area contributed by atoms with Crippen LogP contribution in [-0.4, -0.2) is 21.7 Å². The van der Waals surface area contributed by atoms with Crippen molar-refractivity contribution in [2.24, 2.45) is 0 Å². The van der Waals surface area contributed by atoms with E-state index in [-0.39, 0.29) is 30.8 Å². The second kappa shape index (κ2) is 9.06. The molecule has 0 atom stereocenters. The number of aromatic nitrogens is 2. The summed E-state index contributed by atoms with van der Waals surface area (Å²) in [6.45, 7) is 0.345. The van der Waals surface area contributed by atoms with Crippen molar-refractivity contribution in [3.05, 3.63) is 70.4 Å². The lowest BCUT2D eigenvalue weighted by molar-refractivity contribution is -0.141. The Balaban J connectivity index is 1.21. The van der Waals surface area contributed by atoms with Gasteiger partial charge in [0, 0.05) is 5.38 Å². The highest BCUT2D eigenvalue weighted by Gasteiger charge is 2.11. The number of benzene rings is 2. The van der Waals surface area contributed by atoms with Crippen molar-refractivity contribution in [3.63, 3.8) is 0 Å². The number of hydrogen-bond donors (Lipinski definition) is 0. The minimum atomic E-state index is -0.380. The van der Waals surface area contributed by atoms with Gasteiger partial charge >= 0.3 is 5.97 Å². The molecule has 9 heteroatoms. The number of hydrogen-bond acceptors (Lipinski definition) is 8. The first-order chi connectivity index (χ1) is 14.2. The highest BCUT2D eigenvalue weighted by molar-refractivity contribution is 7.99. The van der Waals surface area contributed by atoms with Crippen LogP contribution in [0.4, 0.5) is 4.39 Å². The first-order valence-electron chi connectivity index (χ1n) is 8.61. The van der Waals surface area contributed by atoms with Gasteiger partial charge in [0.2, 0.25) is 0 Å². The topological polar surface area (TPSA) is 74.5 Å². The molecule has 4 rings (SSSR count). The Morgan fingerprint density at radius 2 is 1.93 bits per heavy atom. The van der Waals surface area contributed by atoms with Crippen molar-refractivity contribution < 1.29 is 23.1 Å². The average molecular weight is 430 g/mol. The fourth-order valence-corrected chi connectivity index (χ4v) is 3.71. The number of thiazole rings is 1. The molecular weight excluding hydrogens is 415 g/mol. The summed E-state index contributed by atoms with van der Waals surface area (Å²) in [6, 6.07) is 13.2. The number of fused-ring (bicyclic) bond motifs is 1. The van der Waals surface area contributed by atoms with E-state index < -0.39 is 0 Å². The fourth-order valence-electron chi connectivity index (χ4n) is 2.39. The summed E-state index contributed by atoms with van der Waals surface area (Å²) < 4.78 is 29.2. The fraction of sp³-hybridized carbons (Fsp3) is 0.150. The maximum atomic E-state index is 12.9. The summed E-state index contributed by atoms with van der Waals surface area (Å²) >= 11 is 2.59. The number of halogens is 1. The van der Waals surface area contributed by atoms with Crippen molar-refractivity contribution in [2.45, 2.75) is 18.4 Å². The standard InChI is InChI=1S/C20H15FN2O4S2/c21-13-5-7-15(8-6-13)25-10-18-22-14(11-28-18)9-26-19(24)12-29-20-23-16-3-1-2-4-17(16)27-20/h1-8,11H,9-10,12H2. The van der Waals surface area contributed by atoms with Crippen LogP contribution in [0.1, 0.15) is 10.7 Å². The number of carbonyl (C=O) groups excluding carboxylic acids is 1. The number of ether oxygens (including phenoxy) is 2. The Bertz CT molecular complexity index is 1080. The molecule has 4 aromatic rings. The van der Waals surface area contributed by atoms with Crippen molar-refractivity contribution >= 4 is 40.2 Å². The first-order valence-corrected chi connectivity index (χ1v) is 10.5. The molecule has 2 heterocycles. The zero-order valence-corrected chi connectivity index (χ0v) is 16.7. The van der Waals surface area contributed by atoms with Crippen LogP contribution in [0.2, 0.25) is 0 Å². The minimum Gasteiger partial charge on any atom is -0.486 e. The molecule has 0 amide bonds. The number of carbonyl (C=O) groups is 1. The first kappa shape index (κ1) is 19.4. The molecule has 0 fully saturated rings. The molecule has 2 aromatic carbocycles. The highest BCUT2D eigenvalue weighted by atomic mass is 32.2. The van der Waals surface area contributed by atoms with Gasteiger partial charge in [0.05, 0.1) is 5.69 Å². The van der Waals surface area contributed by atoms with E-state index in [4.69, 9.17) is 13.9 Å². The third-order valence-corrected chi connectivity index (χ3v) is 5.42. The van der Waals surface area contributed by atoms with Gasteiger partial charge in [0.1, 0.15) is 41.1 Å². The summed E-state index contributed by atoms with van der Waals surface area (Å²) in [4.78, 5) is 20.6. The summed E-state index contributed by atoms with van der Waals surface area (Å²) in [6.07, 6.45) is 0. The Morgan fingerprint density at radius 1 is 1.10 bits per heavy atom. The zero-order chi connectivity index (χ0) is 20.1. The lowest BCUT2D eigenvalue weighted by Crippen LogP contribution is -2.07. The van der Waals surface area contributed by atoms with Gasteiger partial charge in [-0.25, -0.2) is 14.4 Å². The van der Waals surface area contributed by atoms with Gasteiger partial charge < -0.3 is 13.9 Å². The normalized spacial score (nSPS) is 10.9. The molecule has 0 bridgehead atoms. The van der Waals surface area contributed by atoms with E-state index in [0.29, 0.717) is 22.2 Å². The zero-order valence-electron chi connectivity index (χ0n) is 15.0. The number of oxazole rings is 1. The van der Waals surface area contributed by atoms with Gasteiger partial charge in [0.15, 0.2) is 5.58 Å². The molecule has 29 heavy (non-hydrogen) atoms. The van der Waals surface area contributed by atoms with Crippen LogP contribution >= 0.6 is 23.1 Å². The van der Waals surface area contributed by atoms with E-state index in [9.17, 15) is 9.18 Å². The molecule has 0 spiro atoms. The third-order valence-electron chi connectivity index (χ3n) is 3.74. The molecule has 0 aliphatic carbocycles. The van der Waals surface area contributed by atoms with Gasteiger partial charge in [-0.15, -0.1) is 11.3 Å². The SMILES string of the molecule is O=C(CSc1nc2ccccc2o1)OCc1csc(COc2ccc(F)cc2)n1. The lowest BCUT2D eigenvalue weighted by atomic mass is 10.3. The largest absolute Gasteiger partial charge is 0.486 e. The highest BCUT2D eigenvalue weighted by Crippen LogP contribution is 2.23. The molecule has 148 valence electrons. The van der Waals surface area contributed by atoms with E-state index in [1.54, 1.807) is 12.1 Å². The molecule has 0 N–H and O–H groups in total. The van der Waals surface area contributed by atoms with Crippen LogP contribution in [0.15, 0.2) is 63.6 Å². The molecule has 6 nitrogen and oxygen atoms in total. The quantitative estimate of drug-likeness (QED) is 0.293. The van der Waals surface area contributed by atoms with Crippen molar-refractivity contribution in [1.29, 1.82) is 0 Å². The summed E-state index contributed by atoms with van der Waals surface area (Å²) in [5, 5.41) is 2.98. The Labute approximate surface area is 173 Å². The van der Waals surface area contributed by atoms with E-state index in [0.717, 1.165) is 10.5 Å². The average Bonchev–Trinajstić information content (AvgIpc) is 3.36. The van der Waals surface area contributed by atoms with Gasteiger partial charge in [-0.2, -0.15) is 0 Å². The molecular formula is C20H15FN2O4S2. The number of esters is 1. The van der Waals surface area contributed by atoms with Crippen LogP contribution in [0.3, 0.4) is 0 Å². The van der Waals surface area contributed by atoms with Crippen molar-refractivity contribution in [1.82, 2.24) is 9.97 Å². The molecule has 2 aromatic heterocycles. The number of rotatable bonds is 8. The van der Waals surface area contributed by atoms with Crippen LogP contribution < -0.4 is 4.74 Å². The van der Waals surface area contributed by atoms with E-state index in [1.165, 1.54) is 35.2 Å². The van der Waals surface area contributed by atoms with Gasteiger partial charge in [-0.1, -0.05) is 23.9 Å². The smallest absolute Gasteiger partial charge is 0.316 e. The molecule has 0 radical (unpaired) electrons. The molecule has 0 saturated heterocycles. The second-order valence-electron chi connectivity index (χ2n) is 5.87. The second-order valence-corrected chi connectivity index (χ2v) is 7.74. The lowest BCUT2D eigenvalue weighted by Gasteiger charge is -2.03. The molecule has 0 saturated carbocycles. The summed E-state index contributed by atoms with van der Waals surface area (Å²) in [5.74, 6) is -0.0394. The monoisotopic (exact) mass is 430 g/mol. The Morgan fingerprint density at radius 3 is 2.76 bits per heavy atom. The predicted molar refractivity (Wildman–Crippen MR) is 107 cm³/mol. The summed E-state index contributed by atoms with van der Waals surface area (Å²) in [7, 11) is 0. The minimum absolute atomic E-state index is 0.0833. The number of thioether (sulfide) groups is 1. The van der Waals surface area contributed by atoms with Crippen LogP contribution in [0.5, 0.6) is 5.75 Å².